The van der Waals surface area contributed by atoms with Crippen molar-refractivity contribution < 1.29 is 12.9 Å². The van der Waals surface area contributed by atoms with Crippen molar-refractivity contribution in [1.82, 2.24) is 24.0 Å². The van der Waals surface area contributed by atoms with Crippen LogP contribution in [0, 0.1) is 0 Å². The number of imidazole rings is 1. The molecule has 0 bridgehead atoms. The standard InChI is InChI=1S/C19H20ClN5O3S/c20-16-7-3-2-6-15(16)8-9-18-22-17(23-28-18)12-24-13-19(21-14-24)29(26,27)25-10-4-1-5-11-25/h2-3,6-9,13-14H,1,4-5,10-12H2/b9-8+. The second-order valence-corrected chi connectivity index (χ2v) is 9.04. The molecular weight excluding hydrogens is 414 g/mol. The monoisotopic (exact) mass is 433 g/mol. The summed E-state index contributed by atoms with van der Waals surface area (Å²) in [6.07, 6.45) is 9.26. The number of aromatic nitrogens is 4. The molecule has 152 valence electrons. The lowest BCUT2D eigenvalue weighted by Crippen LogP contribution is -2.35. The second-order valence-electron chi connectivity index (χ2n) is 6.75. The summed E-state index contributed by atoms with van der Waals surface area (Å²) >= 11 is 6.12. The highest BCUT2D eigenvalue weighted by atomic mass is 35.5. The van der Waals surface area contributed by atoms with Gasteiger partial charge in [-0.1, -0.05) is 41.4 Å². The fraction of sp³-hybridized carbons (Fsp3) is 0.316. The van der Waals surface area contributed by atoms with Gasteiger partial charge in [-0.25, -0.2) is 13.4 Å². The summed E-state index contributed by atoms with van der Waals surface area (Å²) in [5.74, 6) is 0.754. The van der Waals surface area contributed by atoms with Crippen molar-refractivity contribution in [3.8, 4) is 0 Å². The number of hydrogen-bond acceptors (Lipinski definition) is 6. The van der Waals surface area contributed by atoms with Gasteiger partial charge in [0.25, 0.3) is 15.9 Å². The number of benzene rings is 1. The maximum atomic E-state index is 12.7. The van der Waals surface area contributed by atoms with E-state index in [1.165, 1.54) is 16.8 Å². The van der Waals surface area contributed by atoms with Crippen LogP contribution < -0.4 is 0 Å². The minimum atomic E-state index is -3.56. The zero-order chi connectivity index (χ0) is 20.3. The van der Waals surface area contributed by atoms with Gasteiger partial charge >= 0.3 is 0 Å². The Hall–Kier alpha value is -2.49. The van der Waals surface area contributed by atoms with E-state index in [9.17, 15) is 8.42 Å². The van der Waals surface area contributed by atoms with E-state index in [-0.39, 0.29) is 11.6 Å². The SMILES string of the molecule is O=S(=O)(c1cn(Cc2noc(/C=C/c3ccccc3Cl)n2)cn1)N1CCCCC1. The third-order valence-corrected chi connectivity index (χ3v) is 6.78. The van der Waals surface area contributed by atoms with Gasteiger partial charge in [-0.15, -0.1) is 0 Å². The van der Waals surface area contributed by atoms with E-state index >= 15 is 0 Å². The van der Waals surface area contributed by atoms with Crippen LogP contribution in [0.1, 0.15) is 36.5 Å². The Morgan fingerprint density at radius 2 is 1.93 bits per heavy atom. The van der Waals surface area contributed by atoms with Gasteiger partial charge in [0.15, 0.2) is 10.9 Å². The molecule has 2 aromatic heterocycles. The number of halogens is 1. The molecule has 8 nitrogen and oxygen atoms in total. The van der Waals surface area contributed by atoms with Crippen molar-refractivity contribution in [3.63, 3.8) is 0 Å². The third kappa shape index (κ3) is 4.58. The van der Waals surface area contributed by atoms with Crippen LogP contribution in [0.5, 0.6) is 0 Å². The van der Waals surface area contributed by atoms with Crippen LogP contribution in [0.15, 0.2) is 46.3 Å². The predicted molar refractivity (Wildman–Crippen MR) is 109 cm³/mol. The zero-order valence-electron chi connectivity index (χ0n) is 15.6. The Bertz CT molecular complexity index is 1120. The molecule has 0 aliphatic carbocycles. The topological polar surface area (TPSA) is 94.1 Å². The molecule has 0 saturated carbocycles. The van der Waals surface area contributed by atoms with E-state index in [0.717, 1.165) is 24.8 Å². The number of sulfonamides is 1. The van der Waals surface area contributed by atoms with E-state index in [1.807, 2.05) is 18.2 Å². The number of piperidine rings is 1. The maximum Gasteiger partial charge on any atom is 0.262 e. The van der Waals surface area contributed by atoms with Gasteiger partial charge < -0.3 is 9.09 Å². The van der Waals surface area contributed by atoms with Gasteiger partial charge in [0.2, 0.25) is 0 Å². The molecule has 1 aliphatic heterocycles. The fourth-order valence-electron chi connectivity index (χ4n) is 3.13. The van der Waals surface area contributed by atoms with Crippen molar-refractivity contribution in [1.29, 1.82) is 0 Å². The highest BCUT2D eigenvalue weighted by Crippen LogP contribution is 2.20. The van der Waals surface area contributed by atoms with Crippen LogP contribution in [0.3, 0.4) is 0 Å². The predicted octanol–water partition coefficient (Wildman–Crippen LogP) is 3.31. The Balaban J connectivity index is 1.44. The average Bonchev–Trinajstić information content (AvgIpc) is 3.38. The molecule has 1 aromatic carbocycles. The summed E-state index contributed by atoms with van der Waals surface area (Å²) in [7, 11) is -3.56. The lowest BCUT2D eigenvalue weighted by molar-refractivity contribution is 0.345. The van der Waals surface area contributed by atoms with E-state index in [2.05, 4.69) is 15.1 Å². The van der Waals surface area contributed by atoms with Crippen LogP contribution in [0.2, 0.25) is 5.02 Å². The van der Waals surface area contributed by atoms with Gasteiger partial charge in [-0.3, -0.25) is 0 Å². The largest absolute Gasteiger partial charge is 0.335 e. The lowest BCUT2D eigenvalue weighted by Gasteiger charge is -2.24. The molecule has 3 heterocycles. The zero-order valence-corrected chi connectivity index (χ0v) is 17.2. The minimum absolute atomic E-state index is 0.0433. The Kier molecular flexibility index (Phi) is 5.79. The van der Waals surface area contributed by atoms with E-state index < -0.39 is 10.0 Å². The highest BCUT2D eigenvalue weighted by Gasteiger charge is 2.28. The summed E-state index contributed by atoms with van der Waals surface area (Å²) < 4.78 is 33.7. The first-order valence-electron chi connectivity index (χ1n) is 9.29. The number of hydrogen-bond donors (Lipinski definition) is 0. The third-order valence-electron chi connectivity index (χ3n) is 4.65. The summed E-state index contributed by atoms with van der Waals surface area (Å²) in [5.41, 5.74) is 0.844. The van der Waals surface area contributed by atoms with Gasteiger partial charge in [-0.2, -0.15) is 9.29 Å². The second kappa shape index (κ2) is 8.48. The first-order chi connectivity index (χ1) is 14.0. The molecule has 1 saturated heterocycles. The van der Waals surface area contributed by atoms with Crippen LogP contribution in [0.4, 0.5) is 0 Å². The molecule has 3 aromatic rings. The van der Waals surface area contributed by atoms with Crippen molar-refractivity contribution in [2.45, 2.75) is 30.8 Å². The van der Waals surface area contributed by atoms with Crippen LogP contribution >= 0.6 is 11.6 Å². The Labute approximate surface area is 173 Å². The van der Waals surface area contributed by atoms with Crippen LogP contribution in [-0.2, 0) is 16.6 Å². The van der Waals surface area contributed by atoms with E-state index in [1.54, 1.807) is 22.8 Å². The normalized spacial score (nSPS) is 15.9. The van der Waals surface area contributed by atoms with Gasteiger partial charge in [0.05, 0.1) is 12.9 Å². The lowest BCUT2D eigenvalue weighted by atomic mass is 10.2. The molecule has 0 radical (unpaired) electrons. The highest BCUT2D eigenvalue weighted by molar-refractivity contribution is 7.89. The molecule has 29 heavy (non-hydrogen) atoms. The number of nitrogens with zero attached hydrogens (tertiary/aromatic N) is 5. The van der Waals surface area contributed by atoms with Crippen molar-refractivity contribution in [2.24, 2.45) is 0 Å². The van der Waals surface area contributed by atoms with Gasteiger partial charge in [-0.05, 0) is 30.5 Å². The molecule has 0 N–H and O–H groups in total. The van der Waals surface area contributed by atoms with Crippen molar-refractivity contribution >= 4 is 33.8 Å². The molecule has 4 rings (SSSR count). The van der Waals surface area contributed by atoms with Crippen molar-refractivity contribution in [2.75, 3.05) is 13.1 Å². The summed E-state index contributed by atoms with van der Waals surface area (Å²) in [5, 5.41) is 4.60. The maximum absolute atomic E-state index is 12.7. The first kappa shape index (κ1) is 19.8. The Morgan fingerprint density at radius 3 is 2.72 bits per heavy atom. The van der Waals surface area contributed by atoms with Gasteiger partial charge in [0.1, 0.15) is 0 Å². The van der Waals surface area contributed by atoms with Crippen LogP contribution in [0.25, 0.3) is 12.2 Å². The Morgan fingerprint density at radius 1 is 1.14 bits per heavy atom. The van der Waals surface area contributed by atoms with E-state index in [4.69, 9.17) is 16.1 Å². The minimum Gasteiger partial charge on any atom is -0.335 e. The van der Waals surface area contributed by atoms with Gasteiger partial charge in [0, 0.05) is 30.4 Å². The van der Waals surface area contributed by atoms with Crippen LogP contribution in [-0.4, -0.2) is 45.5 Å². The fourth-order valence-corrected chi connectivity index (χ4v) is 4.78. The first-order valence-corrected chi connectivity index (χ1v) is 11.1. The molecule has 1 fully saturated rings. The smallest absolute Gasteiger partial charge is 0.262 e. The molecule has 0 atom stereocenters. The molecule has 1 aliphatic rings. The molecule has 0 amide bonds. The summed E-state index contributed by atoms with van der Waals surface area (Å²) in [4.78, 5) is 8.37. The summed E-state index contributed by atoms with van der Waals surface area (Å²) in [6, 6.07) is 7.43. The molecule has 10 heteroatoms. The quantitative estimate of drug-likeness (QED) is 0.591. The van der Waals surface area contributed by atoms with E-state index in [0.29, 0.717) is 29.8 Å². The average molecular weight is 434 g/mol. The molecule has 0 unspecified atom stereocenters. The molecule has 0 spiro atoms. The number of rotatable bonds is 6. The van der Waals surface area contributed by atoms with Crippen molar-refractivity contribution in [3.05, 3.63) is 59.1 Å². The molecular formula is C19H20ClN5O3S. The summed E-state index contributed by atoms with van der Waals surface area (Å²) in [6.45, 7) is 1.34.